The molecule has 0 spiro atoms. The van der Waals surface area contributed by atoms with Gasteiger partial charge in [-0.25, -0.2) is 4.79 Å². The zero-order chi connectivity index (χ0) is 19.9. The third-order valence-electron chi connectivity index (χ3n) is 4.67. The molecule has 0 unspecified atom stereocenters. The molecule has 3 rings (SSSR count). The standard InChI is InChI=1S/C22H23NO5/c1-27-20-13-15(9-11-19(20)24)10-12-22(26)28-14-21(25)23-18-8-4-6-16-5-2-3-7-17(16)18/h2-3,5,7,9-13,18,24H,4,6,8,14H2,1H3,(H,23,25)/b12-10+/t18-/m1/s1. The number of carbonyl (C=O) groups is 2. The molecule has 0 saturated heterocycles. The number of fused-ring (bicyclic) bond motifs is 1. The zero-order valence-electron chi connectivity index (χ0n) is 15.7. The highest BCUT2D eigenvalue weighted by molar-refractivity contribution is 5.89. The maximum atomic E-state index is 12.2. The van der Waals surface area contributed by atoms with Gasteiger partial charge in [-0.05, 0) is 54.2 Å². The fourth-order valence-corrected chi connectivity index (χ4v) is 3.29. The van der Waals surface area contributed by atoms with E-state index in [0.29, 0.717) is 11.3 Å². The molecule has 2 aromatic rings. The Morgan fingerprint density at radius 2 is 2.07 bits per heavy atom. The molecule has 6 nitrogen and oxygen atoms in total. The smallest absolute Gasteiger partial charge is 0.331 e. The van der Waals surface area contributed by atoms with Gasteiger partial charge in [-0.15, -0.1) is 0 Å². The lowest BCUT2D eigenvalue weighted by Crippen LogP contribution is -2.34. The molecule has 0 fully saturated rings. The molecule has 1 amide bonds. The van der Waals surface area contributed by atoms with Crippen molar-refractivity contribution in [2.24, 2.45) is 0 Å². The van der Waals surface area contributed by atoms with Gasteiger partial charge < -0.3 is 19.9 Å². The summed E-state index contributed by atoms with van der Waals surface area (Å²) in [5.41, 5.74) is 3.05. The first kappa shape index (κ1) is 19.5. The average molecular weight is 381 g/mol. The zero-order valence-corrected chi connectivity index (χ0v) is 15.7. The first-order valence-electron chi connectivity index (χ1n) is 9.16. The van der Waals surface area contributed by atoms with E-state index in [1.807, 2.05) is 18.2 Å². The molecule has 0 aliphatic heterocycles. The van der Waals surface area contributed by atoms with E-state index in [1.54, 1.807) is 12.1 Å². The molecular formula is C22H23NO5. The van der Waals surface area contributed by atoms with E-state index in [9.17, 15) is 14.7 Å². The summed E-state index contributed by atoms with van der Waals surface area (Å²) in [5, 5.41) is 12.5. The first-order valence-corrected chi connectivity index (χ1v) is 9.16. The Kier molecular flexibility index (Phi) is 6.32. The van der Waals surface area contributed by atoms with Gasteiger partial charge in [0.25, 0.3) is 5.91 Å². The number of aromatic hydroxyl groups is 1. The summed E-state index contributed by atoms with van der Waals surface area (Å²) in [7, 11) is 1.44. The third kappa shape index (κ3) is 4.91. The molecule has 0 saturated carbocycles. The summed E-state index contributed by atoms with van der Waals surface area (Å²) in [6, 6.07) is 12.7. The SMILES string of the molecule is COc1cc(/C=C/C(=O)OCC(=O)N[C@@H]2CCCc3ccccc32)ccc1O. The predicted molar refractivity (Wildman–Crippen MR) is 105 cm³/mol. The molecule has 0 heterocycles. The van der Waals surface area contributed by atoms with E-state index in [0.717, 1.165) is 24.8 Å². The Hall–Kier alpha value is -3.28. The number of nitrogens with one attached hydrogen (secondary N) is 1. The fraction of sp³-hybridized carbons (Fsp3) is 0.273. The molecular weight excluding hydrogens is 358 g/mol. The molecule has 6 heteroatoms. The van der Waals surface area contributed by atoms with E-state index in [4.69, 9.17) is 9.47 Å². The molecule has 28 heavy (non-hydrogen) atoms. The molecule has 1 aliphatic carbocycles. The number of ether oxygens (including phenoxy) is 2. The number of amides is 1. The molecule has 0 aromatic heterocycles. The summed E-state index contributed by atoms with van der Waals surface area (Å²) < 4.78 is 10.0. The minimum atomic E-state index is -0.619. The highest BCUT2D eigenvalue weighted by Gasteiger charge is 2.21. The van der Waals surface area contributed by atoms with Crippen LogP contribution in [0.15, 0.2) is 48.5 Å². The Morgan fingerprint density at radius 3 is 2.89 bits per heavy atom. The van der Waals surface area contributed by atoms with Crippen molar-refractivity contribution in [1.29, 1.82) is 0 Å². The number of benzene rings is 2. The van der Waals surface area contributed by atoms with E-state index < -0.39 is 5.97 Å². The second kappa shape index (κ2) is 9.08. The van der Waals surface area contributed by atoms with Crippen LogP contribution < -0.4 is 10.1 Å². The number of phenolic OH excluding ortho intramolecular Hbond substituents is 1. The van der Waals surface area contributed by atoms with Crippen LogP contribution in [0.4, 0.5) is 0 Å². The number of rotatable bonds is 6. The van der Waals surface area contributed by atoms with E-state index >= 15 is 0 Å². The minimum absolute atomic E-state index is 0.0168. The van der Waals surface area contributed by atoms with Crippen molar-refractivity contribution in [3.05, 3.63) is 65.2 Å². The maximum Gasteiger partial charge on any atom is 0.331 e. The average Bonchev–Trinajstić information content (AvgIpc) is 2.72. The van der Waals surface area contributed by atoms with Crippen LogP contribution in [0.3, 0.4) is 0 Å². The van der Waals surface area contributed by atoms with Gasteiger partial charge in [0.1, 0.15) is 0 Å². The molecule has 0 radical (unpaired) electrons. The quantitative estimate of drug-likeness (QED) is 0.593. The van der Waals surface area contributed by atoms with Gasteiger partial charge >= 0.3 is 5.97 Å². The molecule has 2 aromatic carbocycles. The fourth-order valence-electron chi connectivity index (χ4n) is 3.29. The highest BCUT2D eigenvalue weighted by Crippen LogP contribution is 2.29. The Labute approximate surface area is 163 Å². The number of esters is 1. The van der Waals surface area contributed by atoms with E-state index in [-0.39, 0.29) is 24.3 Å². The van der Waals surface area contributed by atoms with E-state index in [2.05, 4.69) is 11.4 Å². The Balaban J connectivity index is 1.50. The van der Waals surface area contributed by atoms with Crippen LogP contribution in [0, 0.1) is 0 Å². The predicted octanol–water partition coefficient (Wildman–Crippen LogP) is 3.15. The van der Waals surface area contributed by atoms with Crippen LogP contribution >= 0.6 is 0 Å². The van der Waals surface area contributed by atoms with Gasteiger partial charge in [0.15, 0.2) is 18.1 Å². The lowest BCUT2D eigenvalue weighted by atomic mass is 9.88. The Morgan fingerprint density at radius 1 is 1.25 bits per heavy atom. The minimum Gasteiger partial charge on any atom is -0.504 e. The largest absolute Gasteiger partial charge is 0.504 e. The van der Waals surface area contributed by atoms with Crippen molar-refractivity contribution < 1.29 is 24.2 Å². The number of carbonyl (C=O) groups excluding carboxylic acids is 2. The van der Waals surface area contributed by atoms with Gasteiger partial charge in [-0.3, -0.25) is 4.79 Å². The maximum absolute atomic E-state index is 12.2. The summed E-state index contributed by atoms with van der Waals surface area (Å²) in [4.78, 5) is 24.0. The molecule has 2 N–H and O–H groups in total. The first-order chi connectivity index (χ1) is 13.6. The van der Waals surface area contributed by atoms with Gasteiger partial charge in [0.05, 0.1) is 13.2 Å². The second-order valence-corrected chi connectivity index (χ2v) is 6.58. The third-order valence-corrected chi connectivity index (χ3v) is 4.67. The van der Waals surface area contributed by atoms with Crippen molar-refractivity contribution in [2.45, 2.75) is 25.3 Å². The van der Waals surface area contributed by atoms with Gasteiger partial charge in [-0.1, -0.05) is 30.3 Å². The lowest BCUT2D eigenvalue weighted by molar-refractivity contribution is -0.144. The Bertz CT molecular complexity index is 890. The van der Waals surface area contributed by atoms with Crippen LogP contribution in [-0.4, -0.2) is 30.7 Å². The number of phenols is 1. The summed E-state index contributed by atoms with van der Waals surface area (Å²) >= 11 is 0. The van der Waals surface area contributed by atoms with Crippen molar-refractivity contribution in [3.63, 3.8) is 0 Å². The summed E-state index contributed by atoms with van der Waals surface area (Å²) in [6.45, 7) is -0.333. The molecule has 1 aliphatic rings. The van der Waals surface area contributed by atoms with Crippen LogP contribution in [0.5, 0.6) is 11.5 Å². The summed E-state index contributed by atoms with van der Waals surface area (Å²) in [6.07, 6.45) is 5.67. The van der Waals surface area contributed by atoms with Crippen LogP contribution in [0.25, 0.3) is 6.08 Å². The number of hydrogen-bond donors (Lipinski definition) is 2. The van der Waals surface area contributed by atoms with Gasteiger partial charge in [-0.2, -0.15) is 0 Å². The molecule has 1 atom stereocenters. The molecule has 0 bridgehead atoms. The van der Waals surface area contributed by atoms with Crippen LogP contribution in [0.1, 0.15) is 35.6 Å². The monoisotopic (exact) mass is 381 g/mol. The van der Waals surface area contributed by atoms with Crippen molar-refractivity contribution >= 4 is 18.0 Å². The lowest BCUT2D eigenvalue weighted by Gasteiger charge is -2.26. The van der Waals surface area contributed by atoms with Gasteiger partial charge in [0, 0.05) is 6.08 Å². The highest BCUT2D eigenvalue weighted by atomic mass is 16.5. The van der Waals surface area contributed by atoms with Gasteiger partial charge in [0.2, 0.25) is 0 Å². The number of aryl methyl sites for hydroxylation is 1. The normalized spacial score (nSPS) is 15.7. The van der Waals surface area contributed by atoms with E-state index in [1.165, 1.54) is 30.9 Å². The molecule has 146 valence electrons. The summed E-state index contributed by atoms with van der Waals surface area (Å²) in [5.74, 6) is -0.619. The number of hydrogen-bond acceptors (Lipinski definition) is 5. The number of methoxy groups -OCH3 is 1. The van der Waals surface area contributed by atoms with Crippen LogP contribution in [0.2, 0.25) is 0 Å². The van der Waals surface area contributed by atoms with Crippen molar-refractivity contribution in [3.8, 4) is 11.5 Å². The van der Waals surface area contributed by atoms with Crippen molar-refractivity contribution in [1.82, 2.24) is 5.32 Å². The van der Waals surface area contributed by atoms with Crippen molar-refractivity contribution in [2.75, 3.05) is 13.7 Å². The second-order valence-electron chi connectivity index (χ2n) is 6.58. The van der Waals surface area contributed by atoms with Crippen LogP contribution in [-0.2, 0) is 20.7 Å². The topological polar surface area (TPSA) is 84.9 Å².